The molecule has 0 aliphatic carbocycles. The summed E-state index contributed by atoms with van der Waals surface area (Å²) < 4.78 is 0. The molecule has 3 aromatic carbocycles. The first-order chi connectivity index (χ1) is 17.3. The molecule has 4 heterocycles. The van der Waals surface area contributed by atoms with Gasteiger partial charge in [-0.15, -0.1) is 0 Å². The molecule has 7 rings (SSSR count). The number of pyridine rings is 3. The Hall–Kier alpha value is -4.83. The normalized spacial score (nSPS) is 11.4. The topological polar surface area (TPSA) is 54.5 Å². The number of para-hydroxylation sites is 3. The molecule has 0 spiro atoms. The predicted molar refractivity (Wildman–Crippen MR) is 143 cm³/mol. The van der Waals surface area contributed by atoms with Crippen LogP contribution in [0.25, 0.3) is 66.5 Å². The maximum absolute atomic E-state index is 5.13. The molecular weight excluding hydrogens is 428 g/mol. The third-order valence-electron chi connectivity index (χ3n) is 6.52. The molecule has 164 valence electrons. The van der Waals surface area contributed by atoms with Crippen molar-refractivity contribution in [2.45, 2.75) is 0 Å². The third kappa shape index (κ3) is 3.35. The molecule has 7 aromatic rings. The highest BCUT2D eigenvalue weighted by Gasteiger charge is 2.14. The Labute approximate surface area is 202 Å². The van der Waals surface area contributed by atoms with Gasteiger partial charge in [0.25, 0.3) is 0 Å². The van der Waals surface area contributed by atoms with Crippen LogP contribution in [0.3, 0.4) is 0 Å². The van der Waals surface area contributed by atoms with Gasteiger partial charge in [-0.1, -0.05) is 60.7 Å². The summed E-state index contributed by atoms with van der Waals surface area (Å²) in [6, 6.07) is 35.5. The van der Waals surface area contributed by atoms with Crippen molar-refractivity contribution in [3.05, 3.63) is 116 Å². The lowest BCUT2D eigenvalue weighted by Gasteiger charge is -2.11. The summed E-state index contributed by atoms with van der Waals surface area (Å²) in [5.74, 6) is 0. The van der Waals surface area contributed by atoms with Gasteiger partial charge in [-0.2, -0.15) is 0 Å². The van der Waals surface area contributed by atoms with E-state index < -0.39 is 0 Å². The minimum atomic E-state index is 0.841. The van der Waals surface area contributed by atoms with Gasteiger partial charge in [0.1, 0.15) is 0 Å². The molecule has 0 amide bonds. The number of hydrogen-bond acceptors (Lipinski definition) is 3. The number of fused-ring (bicyclic) bond motifs is 4. The number of aromatic amines is 1. The summed E-state index contributed by atoms with van der Waals surface area (Å²) in [4.78, 5) is 17.9. The number of aromatic nitrogens is 4. The van der Waals surface area contributed by atoms with Crippen molar-refractivity contribution in [1.29, 1.82) is 0 Å². The molecule has 4 aromatic heterocycles. The van der Waals surface area contributed by atoms with Crippen LogP contribution < -0.4 is 0 Å². The van der Waals surface area contributed by atoms with Crippen LogP contribution in [-0.4, -0.2) is 19.9 Å². The van der Waals surface area contributed by atoms with Gasteiger partial charge in [0, 0.05) is 39.6 Å². The summed E-state index contributed by atoms with van der Waals surface area (Å²) in [5, 5.41) is 3.52. The Kier molecular flexibility index (Phi) is 4.42. The van der Waals surface area contributed by atoms with E-state index in [1.165, 1.54) is 10.8 Å². The van der Waals surface area contributed by atoms with Gasteiger partial charge in [0.05, 0.1) is 28.1 Å². The number of rotatable bonds is 3. The van der Waals surface area contributed by atoms with Crippen LogP contribution in [-0.2, 0) is 0 Å². The molecule has 35 heavy (non-hydrogen) atoms. The number of nitrogens with one attached hydrogen (secondary N) is 1. The van der Waals surface area contributed by atoms with Crippen molar-refractivity contribution in [3.8, 4) is 33.8 Å². The first-order valence-corrected chi connectivity index (χ1v) is 11.6. The number of hydrogen-bond donors (Lipinski definition) is 1. The molecule has 0 unspecified atom stereocenters. The maximum Gasteiger partial charge on any atom is 0.0900 e. The van der Waals surface area contributed by atoms with E-state index in [4.69, 9.17) is 9.97 Å². The van der Waals surface area contributed by atoms with Crippen molar-refractivity contribution in [2.24, 2.45) is 0 Å². The highest BCUT2D eigenvalue weighted by atomic mass is 14.8. The molecule has 0 aliphatic heterocycles. The highest BCUT2D eigenvalue weighted by molar-refractivity contribution is 6.11. The second-order valence-corrected chi connectivity index (χ2v) is 8.65. The van der Waals surface area contributed by atoms with Gasteiger partial charge in [0.2, 0.25) is 0 Å². The highest BCUT2D eigenvalue weighted by Crippen LogP contribution is 2.35. The van der Waals surface area contributed by atoms with Gasteiger partial charge < -0.3 is 4.98 Å². The molecular formula is C31H20N4. The first-order valence-electron chi connectivity index (χ1n) is 11.6. The zero-order valence-corrected chi connectivity index (χ0v) is 18.8. The lowest BCUT2D eigenvalue weighted by Crippen LogP contribution is -1.94. The Bertz CT molecular complexity index is 1850. The molecule has 0 fully saturated rings. The fourth-order valence-corrected chi connectivity index (χ4v) is 4.81. The molecule has 0 saturated carbocycles. The van der Waals surface area contributed by atoms with Crippen LogP contribution >= 0.6 is 0 Å². The molecule has 0 radical (unpaired) electrons. The van der Waals surface area contributed by atoms with E-state index in [2.05, 4.69) is 76.7 Å². The van der Waals surface area contributed by atoms with Crippen LogP contribution in [0.2, 0.25) is 0 Å². The Morgan fingerprint density at radius 2 is 1.34 bits per heavy atom. The van der Waals surface area contributed by atoms with Crippen LogP contribution in [0.5, 0.6) is 0 Å². The SMILES string of the molecule is c1ccc2nc(-c3cc(-c4ccncc4)cc(-c4cccc5c4[nH]c4ccccc45)n3)ccc2c1. The summed E-state index contributed by atoms with van der Waals surface area (Å²) in [6.07, 6.45) is 3.64. The van der Waals surface area contributed by atoms with Crippen LogP contribution in [0.15, 0.2) is 116 Å². The summed E-state index contributed by atoms with van der Waals surface area (Å²) in [5.41, 5.74) is 9.00. The summed E-state index contributed by atoms with van der Waals surface area (Å²) in [7, 11) is 0. The molecule has 0 atom stereocenters. The fraction of sp³-hybridized carbons (Fsp3) is 0. The maximum atomic E-state index is 5.13. The van der Waals surface area contributed by atoms with E-state index in [0.29, 0.717) is 0 Å². The van der Waals surface area contributed by atoms with Crippen molar-refractivity contribution < 1.29 is 0 Å². The third-order valence-corrected chi connectivity index (χ3v) is 6.52. The van der Waals surface area contributed by atoms with Gasteiger partial charge in [-0.05, 0) is 53.6 Å². The van der Waals surface area contributed by atoms with Crippen molar-refractivity contribution in [3.63, 3.8) is 0 Å². The van der Waals surface area contributed by atoms with Crippen molar-refractivity contribution >= 4 is 32.7 Å². The fourth-order valence-electron chi connectivity index (χ4n) is 4.81. The van der Waals surface area contributed by atoms with Crippen LogP contribution in [0.4, 0.5) is 0 Å². The van der Waals surface area contributed by atoms with E-state index in [9.17, 15) is 0 Å². The van der Waals surface area contributed by atoms with Gasteiger partial charge in [-0.3, -0.25) is 4.98 Å². The first kappa shape index (κ1) is 19.6. The zero-order chi connectivity index (χ0) is 23.2. The lowest BCUT2D eigenvalue weighted by molar-refractivity contribution is 1.27. The average molecular weight is 449 g/mol. The largest absolute Gasteiger partial charge is 0.354 e. The van der Waals surface area contributed by atoms with E-state index in [0.717, 1.165) is 55.7 Å². The second kappa shape index (κ2) is 7.89. The minimum absolute atomic E-state index is 0.841. The quantitative estimate of drug-likeness (QED) is 0.302. The molecule has 0 aliphatic rings. The van der Waals surface area contributed by atoms with Crippen molar-refractivity contribution in [1.82, 2.24) is 19.9 Å². The standard InChI is InChI=1S/C31H20N4/c1-3-10-26-21(6-1)12-13-28(33-26)30-19-22(20-14-16-32-17-15-20)18-29(34-30)25-9-5-8-24-23-7-2-4-11-27(23)35-31(24)25/h1-19,35H. The van der Waals surface area contributed by atoms with E-state index in [1.54, 1.807) is 0 Å². The summed E-state index contributed by atoms with van der Waals surface area (Å²) in [6.45, 7) is 0. The van der Waals surface area contributed by atoms with Gasteiger partial charge in [-0.25, -0.2) is 9.97 Å². The van der Waals surface area contributed by atoms with E-state index in [1.807, 2.05) is 48.8 Å². The minimum Gasteiger partial charge on any atom is -0.354 e. The van der Waals surface area contributed by atoms with E-state index >= 15 is 0 Å². The monoisotopic (exact) mass is 448 g/mol. The second-order valence-electron chi connectivity index (χ2n) is 8.65. The Morgan fingerprint density at radius 3 is 2.29 bits per heavy atom. The van der Waals surface area contributed by atoms with Gasteiger partial charge >= 0.3 is 0 Å². The molecule has 4 nitrogen and oxygen atoms in total. The van der Waals surface area contributed by atoms with Crippen molar-refractivity contribution in [2.75, 3.05) is 0 Å². The number of benzene rings is 3. The van der Waals surface area contributed by atoms with Crippen LogP contribution in [0, 0.1) is 0 Å². The summed E-state index contributed by atoms with van der Waals surface area (Å²) >= 11 is 0. The smallest absolute Gasteiger partial charge is 0.0900 e. The number of H-pyrrole nitrogens is 1. The molecule has 1 N–H and O–H groups in total. The Morgan fingerprint density at radius 1 is 0.543 bits per heavy atom. The number of nitrogens with zero attached hydrogens (tertiary/aromatic N) is 3. The van der Waals surface area contributed by atoms with Gasteiger partial charge in [0.15, 0.2) is 0 Å². The lowest BCUT2D eigenvalue weighted by atomic mass is 10.0. The average Bonchev–Trinajstić information content (AvgIpc) is 3.32. The molecule has 4 heteroatoms. The molecule has 0 bridgehead atoms. The molecule has 0 saturated heterocycles. The van der Waals surface area contributed by atoms with Crippen LogP contribution in [0.1, 0.15) is 0 Å². The predicted octanol–water partition coefficient (Wildman–Crippen LogP) is 7.66. The zero-order valence-electron chi connectivity index (χ0n) is 18.8. The van der Waals surface area contributed by atoms with E-state index in [-0.39, 0.29) is 0 Å². The Balaban J connectivity index is 1.49.